The molecule has 0 bridgehead atoms. The van der Waals surface area contributed by atoms with Crippen molar-refractivity contribution in [2.24, 2.45) is 0 Å². The van der Waals surface area contributed by atoms with E-state index in [2.05, 4.69) is 10.3 Å². The monoisotopic (exact) mass is 391 g/mol. The number of nitrogens with one attached hydrogen (secondary N) is 1. The van der Waals surface area contributed by atoms with Crippen molar-refractivity contribution in [1.29, 1.82) is 0 Å². The van der Waals surface area contributed by atoms with Crippen molar-refractivity contribution >= 4 is 34.0 Å². The largest absolute Gasteiger partial charge is 0.487 e. The molecule has 9 heteroatoms. The summed E-state index contributed by atoms with van der Waals surface area (Å²) in [5.74, 6) is -0.0470. The molecule has 27 heavy (non-hydrogen) atoms. The predicted octanol–water partition coefficient (Wildman–Crippen LogP) is 1.71. The predicted molar refractivity (Wildman–Crippen MR) is 101 cm³/mol. The highest BCUT2D eigenvalue weighted by Crippen LogP contribution is 2.34. The normalized spacial score (nSPS) is 15.7. The number of aryl methyl sites for hydroxylation is 1. The number of aliphatic hydroxyl groups excluding tert-OH is 1. The summed E-state index contributed by atoms with van der Waals surface area (Å²) in [5.41, 5.74) is 2.22. The van der Waals surface area contributed by atoms with E-state index in [9.17, 15) is 14.7 Å². The first kappa shape index (κ1) is 19.1. The lowest BCUT2D eigenvalue weighted by molar-refractivity contribution is -0.142. The second kappa shape index (κ2) is 8.36. The molecule has 0 saturated carbocycles. The number of fused-ring (bicyclic) bond motifs is 1. The molecule has 1 unspecified atom stereocenters. The highest BCUT2D eigenvalue weighted by molar-refractivity contribution is 7.13. The molecule has 1 amide bonds. The van der Waals surface area contributed by atoms with Gasteiger partial charge in [-0.1, -0.05) is 6.07 Å². The second-order valence-electron chi connectivity index (χ2n) is 6.06. The fraction of sp³-hybridized carbons (Fsp3) is 0.389. The van der Waals surface area contributed by atoms with E-state index in [4.69, 9.17) is 9.47 Å². The van der Waals surface area contributed by atoms with Crippen LogP contribution in [0.2, 0.25) is 0 Å². The van der Waals surface area contributed by atoms with Crippen LogP contribution in [0.4, 0.5) is 10.8 Å². The Kier molecular flexibility index (Phi) is 5.92. The van der Waals surface area contributed by atoms with Crippen LogP contribution in [-0.4, -0.2) is 48.0 Å². The number of anilines is 2. The Labute approximate surface area is 160 Å². The lowest BCUT2D eigenvalue weighted by atomic mass is 10.1. The fourth-order valence-electron chi connectivity index (χ4n) is 2.70. The maximum Gasteiger partial charge on any atom is 0.311 e. The molecule has 144 valence electrons. The Bertz CT molecular complexity index is 838. The van der Waals surface area contributed by atoms with Crippen molar-refractivity contribution in [2.75, 3.05) is 30.0 Å². The third-order valence-corrected chi connectivity index (χ3v) is 4.72. The molecule has 2 aromatic rings. The van der Waals surface area contributed by atoms with Gasteiger partial charge in [0.1, 0.15) is 12.4 Å². The first-order valence-corrected chi connectivity index (χ1v) is 9.42. The highest BCUT2D eigenvalue weighted by Gasteiger charge is 2.27. The second-order valence-corrected chi connectivity index (χ2v) is 6.92. The van der Waals surface area contributed by atoms with Gasteiger partial charge in [0.15, 0.2) is 11.4 Å². The molecule has 0 saturated heterocycles. The van der Waals surface area contributed by atoms with E-state index in [1.807, 2.05) is 25.1 Å². The molecule has 1 aromatic heterocycles. The summed E-state index contributed by atoms with van der Waals surface area (Å²) in [6, 6.07) is 5.60. The van der Waals surface area contributed by atoms with Crippen molar-refractivity contribution in [3.05, 3.63) is 34.8 Å². The summed E-state index contributed by atoms with van der Waals surface area (Å²) in [4.78, 5) is 29.7. The number of ether oxygens (including phenoxy) is 2. The van der Waals surface area contributed by atoms with Gasteiger partial charge in [0.2, 0.25) is 5.91 Å². The average Bonchev–Trinajstić information content (AvgIpc) is 3.04. The van der Waals surface area contributed by atoms with Crippen molar-refractivity contribution in [3.8, 4) is 5.75 Å². The molecule has 0 radical (unpaired) electrons. The Morgan fingerprint density at radius 3 is 3.07 bits per heavy atom. The topological polar surface area (TPSA) is 101 Å². The van der Waals surface area contributed by atoms with Crippen molar-refractivity contribution in [3.63, 3.8) is 0 Å². The van der Waals surface area contributed by atoms with Crippen molar-refractivity contribution in [2.45, 2.75) is 26.5 Å². The minimum absolute atomic E-state index is 0.0478. The van der Waals surface area contributed by atoms with Gasteiger partial charge in [0, 0.05) is 5.38 Å². The van der Waals surface area contributed by atoms with E-state index in [0.29, 0.717) is 28.9 Å². The zero-order chi connectivity index (χ0) is 19.4. The van der Waals surface area contributed by atoms with E-state index in [0.717, 1.165) is 5.56 Å². The number of hydrogen-bond acceptors (Lipinski definition) is 8. The quantitative estimate of drug-likeness (QED) is 0.723. The molecule has 1 aliphatic heterocycles. The molecular formula is C18H21N3O5S. The molecule has 1 aromatic carbocycles. The number of rotatable bonds is 6. The lowest BCUT2D eigenvalue weighted by Crippen LogP contribution is -2.46. The van der Waals surface area contributed by atoms with E-state index in [-0.39, 0.29) is 31.4 Å². The third-order valence-electron chi connectivity index (χ3n) is 3.91. The number of thiazole rings is 1. The van der Waals surface area contributed by atoms with Crippen LogP contribution >= 0.6 is 11.3 Å². The third kappa shape index (κ3) is 4.75. The maximum atomic E-state index is 12.4. The summed E-state index contributed by atoms with van der Waals surface area (Å²) in [6.45, 7) is 4.03. The molecule has 2 N–H and O–H groups in total. The van der Waals surface area contributed by atoms with Gasteiger partial charge in [-0.3, -0.25) is 9.59 Å². The minimum Gasteiger partial charge on any atom is -0.487 e. The average molecular weight is 391 g/mol. The standard InChI is InChI=1S/C18H21N3O5S/c1-3-25-17(24)7-12-10-27-18(19-12)20-15(22)8-21-13-6-11(2)4-5-14(13)26-9-16(21)23/h4-6,10,16,23H,3,7-9H2,1-2H3,(H,19,20,22). The molecule has 0 spiro atoms. The molecule has 1 aliphatic rings. The van der Waals surface area contributed by atoms with E-state index < -0.39 is 6.23 Å². The highest BCUT2D eigenvalue weighted by atomic mass is 32.1. The summed E-state index contributed by atoms with van der Waals surface area (Å²) >= 11 is 1.23. The molecule has 1 atom stereocenters. The van der Waals surface area contributed by atoms with Crippen LogP contribution < -0.4 is 15.0 Å². The number of carbonyl (C=O) groups is 2. The van der Waals surface area contributed by atoms with Crippen molar-refractivity contribution < 1.29 is 24.2 Å². The number of nitrogens with zero attached hydrogens (tertiary/aromatic N) is 2. The van der Waals surface area contributed by atoms with Gasteiger partial charge < -0.3 is 24.8 Å². The number of carbonyl (C=O) groups excluding carboxylic acids is 2. The number of benzene rings is 1. The fourth-order valence-corrected chi connectivity index (χ4v) is 3.42. The van der Waals surface area contributed by atoms with Gasteiger partial charge in [-0.25, -0.2) is 4.98 Å². The van der Waals surface area contributed by atoms with Crippen LogP contribution in [0.25, 0.3) is 0 Å². The van der Waals surface area contributed by atoms with Crippen LogP contribution in [0.1, 0.15) is 18.2 Å². The Hall–Kier alpha value is -2.65. The van der Waals surface area contributed by atoms with Gasteiger partial charge in [-0.15, -0.1) is 11.3 Å². The lowest BCUT2D eigenvalue weighted by Gasteiger charge is -2.35. The van der Waals surface area contributed by atoms with E-state index >= 15 is 0 Å². The number of amides is 1. The maximum absolute atomic E-state index is 12.4. The van der Waals surface area contributed by atoms with Gasteiger partial charge in [0.25, 0.3) is 0 Å². The minimum atomic E-state index is -0.916. The van der Waals surface area contributed by atoms with Gasteiger partial charge >= 0.3 is 5.97 Å². The first-order chi connectivity index (χ1) is 13.0. The van der Waals surface area contributed by atoms with Gasteiger partial charge in [-0.2, -0.15) is 0 Å². The summed E-state index contributed by atoms with van der Waals surface area (Å²) in [7, 11) is 0. The van der Waals surface area contributed by atoms with Gasteiger partial charge in [0.05, 0.1) is 31.0 Å². The molecule has 3 rings (SSSR count). The molecular weight excluding hydrogens is 370 g/mol. The zero-order valence-electron chi connectivity index (χ0n) is 15.1. The molecule has 8 nitrogen and oxygen atoms in total. The first-order valence-electron chi connectivity index (χ1n) is 8.54. The smallest absolute Gasteiger partial charge is 0.311 e. The van der Waals surface area contributed by atoms with Crippen LogP contribution in [0.3, 0.4) is 0 Å². The van der Waals surface area contributed by atoms with Crippen LogP contribution in [-0.2, 0) is 20.7 Å². The van der Waals surface area contributed by atoms with Crippen LogP contribution in [0.5, 0.6) is 5.75 Å². The van der Waals surface area contributed by atoms with E-state index in [1.165, 1.54) is 11.3 Å². The number of aromatic nitrogens is 1. The number of hydrogen-bond donors (Lipinski definition) is 2. The summed E-state index contributed by atoms with van der Waals surface area (Å²) in [5, 5.41) is 15.0. The van der Waals surface area contributed by atoms with Crippen LogP contribution in [0, 0.1) is 6.92 Å². The summed E-state index contributed by atoms with van der Waals surface area (Å²) < 4.78 is 10.4. The number of esters is 1. The van der Waals surface area contributed by atoms with Crippen LogP contribution in [0.15, 0.2) is 23.6 Å². The molecule has 0 aliphatic carbocycles. The Morgan fingerprint density at radius 1 is 1.48 bits per heavy atom. The summed E-state index contributed by atoms with van der Waals surface area (Å²) in [6.07, 6.45) is -0.851. The Balaban J connectivity index is 1.64. The zero-order valence-corrected chi connectivity index (χ0v) is 15.9. The molecule has 0 fully saturated rings. The van der Waals surface area contributed by atoms with E-state index in [1.54, 1.807) is 17.2 Å². The SMILES string of the molecule is CCOC(=O)Cc1csc(NC(=O)CN2c3cc(C)ccc3OCC2O)n1. The van der Waals surface area contributed by atoms with Crippen molar-refractivity contribution in [1.82, 2.24) is 4.98 Å². The van der Waals surface area contributed by atoms with Gasteiger partial charge in [-0.05, 0) is 31.5 Å². The molecule has 2 heterocycles. The number of aliphatic hydroxyl groups is 1. The Morgan fingerprint density at radius 2 is 2.30 bits per heavy atom.